The summed E-state index contributed by atoms with van der Waals surface area (Å²) >= 11 is 0. The topological polar surface area (TPSA) is 55.4 Å². The van der Waals surface area contributed by atoms with Crippen LogP contribution in [-0.2, 0) is 0 Å². The highest BCUT2D eigenvalue weighted by molar-refractivity contribution is 5.97. The molecule has 0 spiro atoms. The maximum absolute atomic E-state index is 5.78. The van der Waals surface area contributed by atoms with E-state index in [-0.39, 0.29) is 0 Å². The Labute approximate surface area is 188 Å². The normalized spacial score (nSPS) is 10.2. The zero-order chi connectivity index (χ0) is 23.1. The van der Waals surface area contributed by atoms with Crippen molar-refractivity contribution in [2.24, 2.45) is 0 Å². The second-order valence-corrected chi connectivity index (χ2v) is 6.73. The van der Waals surface area contributed by atoms with Gasteiger partial charge in [-0.1, -0.05) is 30.3 Å². The average molecular weight is 437 g/mol. The highest BCUT2D eigenvalue weighted by atomic mass is 16.5. The van der Waals surface area contributed by atoms with Crippen LogP contribution < -0.4 is 28.4 Å². The molecule has 32 heavy (non-hydrogen) atoms. The molecule has 0 aliphatic heterocycles. The van der Waals surface area contributed by atoms with Gasteiger partial charge in [0.1, 0.15) is 0 Å². The molecular formula is C26H28O6. The minimum atomic E-state index is 0.505. The van der Waals surface area contributed by atoms with Crippen molar-refractivity contribution >= 4 is 11.6 Å². The number of methoxy groups -OCH3 is 6. The molecule has 0 aromatic heterocycles. The summed E-state index contributed by atoms with van der Waals surface area (Å²) in [6.45, 7) is 0. The molecule has 0 radical (unpaired) electrons. The number of rotatable bonds is 9. The summed E-state index contributed by atoms with van der Waals surface area (Å²) in [7, 11) is 9.56. The summed E-state index contributed by atoms with van der Waals surface area (Å²) < 4.78 is 33.7. The first-order valence-electron chi connectivity index (χ1n) is 9.98. The Balaban J connectivity index is 2.38. The molecule has 0 amide bonds. The average Bonchev–Trinajstić information content (AvgIpc) is 2.85. The van der Waals surface area contributed by atoms with E-state index in [1.54, 1.807) is 42.7 Å². The van der Waals surface area contributed by atoms with E-state index >= 15 is 0 Å². The zero-order valence-corrected chi connectivity index (χ0v) is 19.2. The predicted molar refractivity (Wildman–Crippen MR) is 126 cm³/mol. The van der Waals surface area contributed by atoms with Crippen molar-refractivity contribution in [2.75, 3.05) is 42.7 Å². The van der Waals surface area contributed by atoms with Crippen LogP contribution in [0.1, 0.15) is 16.7 Å². The van der Waals surface area contributed by atoms with Gasteiger partial charge in [0.15, 0.2) is 23.0 Å². The Morgan fingerprint density at radius 3 is 1.31 bits per heavy atom. The van der Waals surface area contributed by atoms with Crippen LogP contribution in [0.2, 0.25) is 0 Å². The van der Waals surface area contributed by atoms with Crippen molar-refractivity contribution < 1.29 is 28.4 Å². The van der Waals surface area contributed by atoms with Crippen LogP contribution in [0.25, 0.3) is 11.6 Å². The quantitative estimate of drug-likeness (QED) is 0.423. The second-order valence-electron chi connectivity index (χ2n) is 6.73. The Hall–Kier alpha value is -3.80. The van der Waals surface area contributed by atoms with E-state index in [1.165, 1.54) is 0 Å². The van der Waals surface area contributed by atoms with Gasteiger partial charge in [-0.25, -0.2) is 0 Å². The molecule has 0 unspecified atom stereocenters. The summed E-state index contributed by atoms with van der Waals surface area (Å²) in [5, 5.41) is 0. The molecule has 0 atom stereocenters. The van der Waals surface area contributed by atoms with Crippen LogP contribution in [0.4, 0.5) is 0 Å². The van der Waals surface area contributed by atoms with Gasteiger partial charge in [0.05, 0.1) is 42.7 Å². The van der Waals surface area contributed by atoms with Gasteiger partial charge in [-0.3, -0.25) is 0 Å². The van der Waals surface area contributed by atoms with Gasteiger partial charge in [-0.2, -0.15) is 0 Å². The number of benzene rings is 3. The van der Waals surface area contributed by atoms with E-state index < -0.39 is 0 Å². The Kier molecular flexibility index (Phi) is 7.49. The maximum atomic E-state index is 5.78. The van der Waals surface area contributed by atoms with Gasteiger partial charge in [-0.05, 0) is 41.5 Å². The minimum absolute atomic E-state index is 0.505. The molecule has 3 aromatic rings. The SMILES string of the molecule is COc1ccc(C(=Cc2ccccc2)c2ccc(OC)c(OC)c2OC)c(OC)c1OC. The molecule has 0 N–H and O–H groups in total. The van der Waals surface area contributed by atoms with Crippen molar-refractivity contribution in [3.63, 3.8) is 0 Å². The fraction of sp³-hybridized carbons (Fsp3) is 0.231. The number of hydrogen-bond donors (Lipinski definition) is 0. The molecular weight excluding hydrogens is 408 g/mol. The van der Waals surface area contributed by atoms with E-state index in [0.29, 0.717) is 34.5 Å². The lowest BCUT2D eigenvalue weighted by atomic mass is 9.93. The second kappa shape index (κ2) is 10.5. The molecule has 0 heterocycles. The van der Waals surface area contributed by atoms with Crippen LogP contribution >= 0.6 is 0 Å². The fourth-order valence-corrected chi connectivity index (χ4v) is 3.64. The van der Waals surface area contributed by atoms with Crippen LogP contribution in [0, 0.1) is 0 Å². The van der Waals surface area contributed by atoms with Crippen molar-refractivity contribution in [1.29, 1.82) is 0 Å². The summed E-state index contributed by atoms with van der Waals surface area (Å²) in [6, 6.07) is 17.6. The molecule has 0 bridgehead atoms. The Bertz CT molecular complexity index is 1020. The molecule has 0 aliphatic rings. The van der Waals surface area contributed by atoms with Gasteiger partial charge < -0.3 is 28.4 Å². The van der Waals surface area contributed by atoms with Gasteiger partial charge in [-0.15, -0.1) is 0 Å². The molecule has 0 aliphatic carbocycles. The van der Waals surface area contributed by atoms with Crippen LogP contribution in [-0.4, -0.2) is 42.7 Å². The standard InChI is InChI=1S/C26H28O6/c1-27-21-14-12-18(23(29-3)25(21)31-5)20(16-17-10-8-7-9-11-17)19-13-15-22(28-2)26(32-6)24(19)30-4/h7-16H,1-6H3. The third-order valence-electron chi connectivity index (χ3n) is 5.10. The monoisotopic (exact) mass is 436 g/mol. The fourth-order valence-electron chi connectivity index (χ4n) is 3.64. The van der Waals surface area contributed by atoms with Crippen molar-refractivity contribution in [3.05, 3.63) is 71.3 Å². The smallest absolute Gasteiger partial charge is 0.203 e. The molecule has 0 saturated heterocycles. The Morgan fingerprint density at radius 2 is 0.938 bits per heavy atom. The van der Waals surface area contributed by atoms with Gasteiger partial charge in [0.25, 0.3) is 0 Å². The van der Waals surface area contributed by atoms with E-state index in [2.05, 4.69) is 6.08 Å². The summed E-state index contributed by atoms with van der Waals surface area (Å²) in [4.78, 5) is 0. The highest BCUT2D eigenvalue weighted by Crippen LogP contribution is 2.49. The first kappa shape index (κ1) is 22.9. The lowest BCUT2D eigenvalue weighted by Gasteiger charge is -2.21. The van der Waals surface area contributed by atoms with E-state index in [1.807, 2.05) is 54.6 Å². The van der Waals surface area contributed by atoms with E-state index in [4.69, 9.17) is 28.4 Å². The molecule has 6 nitrogen and oxygen atoms in total. The lowest BCUT2D eigenvalue weighted by molar-refractivity contribution is 0.323. The third-order valence-corrected chi connectivity index (χ3v) is 5.10. The molecule has 3 rings (SSSR count). The van der Waals surface area contributed by atoms with Crippen molar-refractivity contribution in [1.82, 2.24) is 0 Å². The molecule has 168 valence electrons. The zero-order valence-electron chi connectivity index (χ0n) is 19.2. The van der Waals surface area contributed by atoms with Crippen molar-refractivity contribution in [2.45, 2.75) is 0 Å². The number of hydrogen-bond acceptors (Lipinski definition) is 6. The van der Waals surface area contributed by atoms with E-state index in [9.17, 15) is 0 Å². The Morgan fingerprint density at radius 1 is 0.500 bits per heavy atom. The van der Waals surface area contributed by atoms with E-state index in [0.717, 1.165) is 22.3 Å². The summed E-state index contributed by atoms with van der Waals surface area (Å²) in [5.41, 5.74) is 3.47. The first-order chi connectivity index (χ1) is 15.6. The molecule has 3 aromatic carbocycles. The van der Waals surface area contributed by atoms with Gasteiger partial charge >= 0.3 is 0 Å². The largest absolute Gasteiger partial charge is 0.493 e. The summed E-state index contributed by atoms with van der Waals surface area (Å²) in [6.07, 6.45) is 2.06. The summed E-state index contributed by atoms with van der Waals surface area (Å²) in [5.74, 6) is 3.26. The molecule has 6 heteroatoms. The van der Waals surface area contributed by atoms with Crippen LogP contribution in [0.5, 0.6) is 34.5 Å². The minimum Gasteiger partial charge on any atom is -0.493 e. The maximum Gasteiger partial charge on any atom is 0.203 e. The first-order valence-corrected chi connectivity index (χ1v) is 9.98. The van der Waals surface area contributed by atoms with Crippen LogP contribution in [0.3, 0.4) is 0 Å². The van der Waals surface area contributed by atoms with Crippen molar-refractivity contribution in [3.8, 4) is 34.5 Å². The lowest BCUT2D eigenvalue weighted by Crippen LogP contribution is -2.02. The van der Waals surface area contributed by atoms with Gasteiger partial charge in [0.2, 0.25) is 11.5 Å². The van der Waals surface area contributed by atoms with Crippen LogP contribution in [0.15, 0.2) is 54.6 Å². The highest BCUT2D eigenvalue weighted by Gasteiger charge is 2.24. The number of ether oxygens (including phenoxy) is 6. The predicted octanol–water partition coefficient (Wildman–Crippen LogP) is 5.33. The molecule has 0 fully saturated rings. The van der Waals surface area contributed by atoms with Gasteiger partial charge in [0, 0.05) is 11.1 Å². The third kappa shape index (κ3) is 4.30. The molecule has 0 saturated carbocycles.